The molecule has 27 heavy (non-hydrogen) atoms. The molecule has 0 N–H and O–H groups in total. The minimum absolute atomic E-state index is 0.490. The van der Waals surface area contributed by atoms with E-state index in [0.717, 1.165) is 22.4 Å². The molecular formula is C19H18N6OS. The van der Waals surface area contributed by atoms with E-state index in [-0.39, 0.29) is 0 Å². The summed E-state index contributed by atoms with van der Waals surface area (Å²) in [5.41, 5.74) is 5.37. The standard InChI is InChI=1S/C19H18N6OS/c1-12-5-4-6-15(10-12)18-20-17(26-22-18)11-27-19-21-23-24-25(19)16-8-7-13(2)9-14(16)3/h4-10H,11H2,1-3H3. The number of thioether (sulfide) groups is 1. The summed E-state index contributed by atoms with van der Waals surface area (Å²) in [6, 6.07) is 14.2. The second-order valence-electron chi connectivity index (χ2n) is 6.33. The number of hydrogen-bond acceptors (Lipinski definition) is 7. The number of tetrazole rings is 1. The van der Waals surface area contributed by atoms with E-state index < -0.39 is 0 Å². The van der Waals surface area contributed by atoms with Crippen LogP contribution in [0.5, 0.6) is 0 Å². The van der Waals surface area contributed by atoms with Gasteiger partial charge in [-0.3, -0.25) is 0 Å². The molecule has 4 aromatic rings. The van der Waals surface area contributed by atoms with Gasteiger partial charge in [0.25, 0.3) is 0 Å². The van der Waals surface area contributed by atoms with Crippen molar-refractivity contribution < 1.29 is 4.52 Å². The molecule has 0 aliphatic rings. The van der Waals surface area contributed by atoms with Gasteiger partial charge in [0.2, 0.25) is 16.9 Å². The molecule has 2 aromatic heterocycles. The van der Waals surface area contributed by atoms with Crippen molar-refractivity contribution in [3.63, 3.8) is 0 Å². The van der Waals surface area contributed by atoms with Crippen LogP contribution in [-0.2, 0) is 5.75 Å². The minimum Gasteiger partial charge on any atom is -0.338 e. The molecule has 8 heteroatoms. The third-order valence-electron chi connectivity index (χ3n) is 4.09. The van der Waals surface area contributed by atoms with E-state index in [0.29, 0.717) is 22.6 Å². The van der Waals surface area contributed by atoms with Crippen LogP contribution in [0.25, 0.3) is 17.1 Å². The maximum Gasteiger partial charge on any atom is 0.237 e. The summed E-state index contributed by atoms with van der Waals surface area (Å²) in [6.45, 7) is 6.14. The lowest BCUT2D eigenvalue weighted by atomic mass is 10.1. The molecule has 2 heterocycles. The van der Waals surface area contributed by atoms with Crippen LogP contribution in [0.1, 0.15) is 22.6 Å². The number of benzene rings is 2. The summed E-state index contributed by atoms with van der Waals surface area (Å²) < 4.78 is 7.12. The number of hydrogen-bond donors (Lipinski definition) is 0. The van der Waals surface area contributed by atoms with Gasteiger partial charge >= 0.3 is 0 Å². The van der Waals surface area contributed by atoms with E-state index in [1.165, 1.54) is 17.3 Å². The van der Waals surface area contributed by atoms with Crippen molar-refractivity contribution in [2.45, 2.75) is 31.7 Å². The molecule has 2 aromatic carbocycles. The maximum absolute atomic E-state index is 5.38. The smallest absolute Gasteiger partial charge is 0.237 e. The fourth-order valence-electron chi connectivity index (χ4n) is 2.80. The predicted octanol–water partition coefficient (Wildman–Crippen LogP) is 3.93. The Morgan fingerprint density at radius 3 is 2.70 bits per heavy atom. The first-order chi connectivity index (χ1) is 13.1. The lowest BCUT2D eigenvalue weighted by Gasteiger charge is -2.07. The summed E-state index contributed by atoms with van der Waals surface area (Å²) >= 11 is 1.46. The minimum atomic E-state index is 0.490. The Hall–Kier alpha value is -3.00. The molecule has 0 saturated carbocycles. The summed E-state index contributed by atoms with van der Waals surface area (Å²) in [6.07, 6.45) is 0. The van der Waals surface area contributed by atoms with Crippen LogP contribution in [0.4, 0.5) is 0 Å². The zero-order chi connectivity index (χ0) is 18.8. The molecular weight excluding hydrogens is 360 g/mol. The average Bonchev–Trinajstić information content (AvgIpc) is 3.29. The summed E-state index contributed by atoms with van der Waals surface area (Å²) in [5.74, 6) is 1.61. The van der Waals surface area contributed by atoms with Gasteiger partial charge in [-0.25, -0.2) is 0 Å². The topological polar surface area (TPSA) is 82.5 Å². The second-order valence-corrected chi connectivity index (χ2v) is 7.28. The highest BCUT2D eigenvalue weighted by Crippen LogP contribution is 2.25. The highest BCUT2D eigenvalue weighted by atomic mass is 32.2. The second kappa shape index (κ2) is 7.32. The van der Waals surface area contributed by atoms with Crippen molar-refractivity contribution in [2.75, 3.05) is 0 Å². The molecule has 0 aliphatic carbocycles. The Balaban J connectivity index is 1.51. The Morgan fingerprint density at radius 2 is 1.89 bits per heavy atom. The largest absolute Gasteiger partial charge is 0.338 e. The van der Waals surface area contributed by atoms with E-state index in [2.05, 4.69) is 38.7 Å². The number of nitrogens with zero attached hydrogens (tertiary/aromatic N) is 6. The molecule has 0 aliphatic heterocycles. The van der Waals surface area contributed by atoms with Crippen molar-refractivity contribution in [2.24, 2.45) is 0 Å². The molecule has 0 unspecified atom stereocenters. The van der Waals surface area contributed by atoms with Gasteiger partial charge in [-0.15, -0.1) is 5.10 Å². The normalized spacial score (nSPS) is 11.1. The Kier molecular flexibility index (Phi) is 4.72. The molecule has 4 rings (SSSR count). The fraction of sp³-hybridized carbons (Fsp3) is 0.211. The molecule has 0 spiro atoms. The molecule has 0 fully saturated rings. The van der Waals surface area contributed by atoms with Crippen LogP contribution < -0.4 is 0 Å². The molecule has 0 saturated heterocycles. The van der Waals surface area contributed by atoms with Gasteiger partial charge in [-0.2, -0.15) is 9.67 Å². The van der Waals surface area contributed by atoms with Crippen LogP contribution in [0.2, 0.25) is 0 Å². The summed E-state index contributed by atoms with van der Waals surface area (Å²) in [4.78, 5) is 4.48. The van der Waals surface area contributed by atoms with Crippen molar-refractivity contribution in [1.82, 2.24) is 30.3 Å². The zero-order valence-electron chi connectivity index (χ0n) is 15.2. The molecule has 0 radical (unpaired) electrons. The number of aryl methyl sites for hydroxylation is 3. The first-order valence-corrected chi connectivity index (χ1v) is 9.47. The lowest BCUT2D eigenvalue weighted by Crippen LogP contribution is -2.02. The quantitative estimate of drug-likeness (QED) is 0.487. The van der Waals surface area contributed by atoms with Crippen molar-refractivity contribution in [3.05, 3.63) is 65.0 Å². The van der Waals surface area contributed by atoms with Crippen LogP contribution >= 0.6 is 11.8 Å². The zero-order valence-corrected chi connectivity index (χ0v) is 16.1. The van der Waals surface area contributed by atoms with Gasteiger partial charge in [0.1, 0.15) is 0 Å². The molecule has 136 valence electrons. The SMILES string of the molecule is Cc1cccc(-c2noc(CSc3nnnn3-c3ccc(C)cc3C)n2)c1. The molecule has 0 atom stereocenters. The Labute approximate surface area is 160 Å². The number of rotatable bonds is 5. The van der Waals surface area contributed by atoms with Crippen LogP contribution in [-0.4, -0.2) is 30.3 Å². The summed E-state index contributed by atoms with van der Waals surface area (Å²) in [7, 11) is 0. The monoisotopic (exact) mass is 378 g/mol. The van der Waals surface area contributed by atoms with Gasteiger partial charge < -0.3 is 4.52 Å². The third-order valence-corrected chi connectivity index (χ3v) is 4.99. The van der Waals surface area contributed by atoms with Crippen LogP contribution in [0, 0.1) is 20.8 Å². The Morgan fingerprint density at radius 1 is 1.04 bits per heavy atom. The van der Waals surface area contributed by atoms with Crippen LogP contribution in [0.15, 0.2) is 52.1 Å². The highest BCUT2D eigenvalue weighted by Gasteiger charge is 2.14. The first-order valence-electron chi connectivity index (χ1n) is 8.48. The van der Waals surface area contributed by atoms with Crippen LogP contribution in [0.3, 0.4) is 0 Å². The van der Waals surface area contributed by atoms with E-state index in [1.807, 2.05) is 50.2 Å². The molecule has 0 bridgehead atoms. The number of aromatic nitrogens is 6. The van der Waals surface area contributed by atoms with Crippen molar-refractivity contribution in [3.8, 4) is 17.1 Å². The Bertz CT molecular complexity index is 1090. The highest BCUT2D eigenvalue weighted by molar-refractivity contribution is 7.98. The summed E-state index contributed by atoms with van der Waals surface area (Å²) in [5, 5.41) is 16.8. The van der Waals surface area contributed by atoms with Gasteiger partial charge in [0.15, 0.2) is 0 Å². The van der Waals surface area contributed by atoms with E-state index in [9.17, 15) is 0 Å². The van der Waals surface area contributed by atoms with Crippen molar-refractivity contribution >= 4 is 11.8 Å². The van der Waals surface area contributed by atoms with Gasteiger partial charge in [0.05, 0.1) is 11.4 Å². The maximum atomic E-state index is 5.38. The fourth-order valence-corrected chi connectivity index (χ4v) is 3.53. The van der Waals surface area contributed by atoms with Gasteiger partial charge in [-0.05, 0) is 48.9 Å². The first kappa shape index (κ1) is 17.4. The van der Waals surface area contributed by atoms with E-state index >= 15 is 0 Å². The van der Waals surface area contributed by atoms with Gasteiger partial charge in [-0.1, -0.05) is 58.4 Å². The van der Waals surface area contributed by atoms with E-state index in [4.69, 9.17) is 4.52 Å². The molecule has 7 nitrogen and oxygen atoms in total. The lowest BCUT2D eigenvalue weighted by molar-refractivity contribution is 0.391. The average molecular weight is 378 g/mol. The van der Waals surface area contributed by atoms with Crippen molar-refractivity contribution in [1.29, 1.82) is 0 Å². The molecule has 0 amide bonds. The van der Waals surface area contributed by atoms with E-state index in [1.54, 1.807) is 4.68 Å². The van der Waals surface area contributed by atoms with Gasteiger partial charge in [0, 0.05) is 5.56 Å². The third kappa shape index (κ3) is 3.75. The predicted molar refractivity (Wildman–Crippen MR) is 103 cm³/mol.